The Bertz CT molecular complexity index is 1590. The number of aryl methyl sites for hydroxylation is 1. The molecule has 2 aromatic carbocycles. The van der Waals surface area contributed by atoms with Gasteiger partial charge in [-0.15, -0.1) is 0 Å². The number of hydrogen-bond donors (Lipinski definition) is 3. The van der Waals surface area contributed by atoms with Gasteiger partial charge in [-0.1, -0.05) is 30.0 Å². The highest BCUT2D eigenvalue weighted by Gasteiger charge is 2.28. The van der Waals surface area contributed by atoms with Crippen LogP contribution in [0.4, 0.5) is 5.69 Å². The van der Waals surface area contributed by atoms with Crippen LogP contribution < -0.4 is 14.8 Å². The molecular formula is C28H24N4O6S. The van der Waals surface area contributed by atoms with Gasteiger partial charge in [0, 0.05) is 35.0 Å². The van der Waals surface area contributed by atoms with Crippen molar-refractivity contribution in [1.29, 1.82) is 0 Å². The number of thioether (sulfide) groups is 1. The molecule has 0 atom stereocenters. The van der Waals surface area contributed by atoms with Gasteiger partial charge in [-0.25, -0.2) is 9.78 Å². The number of amides is 1. The molecule has 11 heteroatoms. The minimum Gasteiger partial charge on any atom is -0.497 e. The van der Waals surface area contributed by atoms with Crippen LogP contribution in [0, 0.1) is 6.92 Å². The van der Waals surface area contributed by atoms with Crippen molar-refractivity contribution in [2.45, 2.75) is 25.0 Å². The second-order valence-corrected chi connectivity index (χ2v) is 9.67. The number of carboxylic acid groups (broad SMARTS) is 1. The van der Waals surface area contributed by atoms with E-state index in [4.69, 9.17) is 14.5 Å². The van der Waals surface area contributed by atoms with Gasteiger partial charge in [-0.2, -0.15) is 4.98 Å². The normalized spacial score (nSPS) is 11.7. The highest BCUT2D eigenvalue weighted by atomic mass is 32.2. The van der Waals surface area contributed by atoms with Crippen LogP contribution in [0.15, 0.2) is 59.8 Å². The van der Waals surface area contributed by atoms with Crippen molar-refractivity contribution < 1.29 is 29.3 Å². The maximum atomic E-state index is 12.8. The number of rotatable bonds is 8. The zero-order chi connectivity index (χ0) is 27.5. The zero-order valence-electron chi connectivity index (χ0n) is 21.1. The molecule has 0 radical (unpaired) electrons. The lowest BCUT2D eigenvalue weighted by molar-refractivity contribution is -0.113. The van der Waals surface area contributed by atoms with Gasteiger partial charge >= 0.3 is 5.97 Å². The Balaban J connectivity index is 1.48. The number of methoxy groups -OCH3 is 1. The first-order valence-corrected chi connectivity index (χ1v) is 12.9. The second kappa shape index (κ2) is 11.1. The smallest absolute Gasteiger partial charge is 0.335 e. The molecule has 10 nitrogen and oxygen atoms in total. The van der Waals surface area contributed by atoms with Crippen LogP contribution in [-0.4, -0.2) is 49.9 Å². The number of aromatic nitrogens is 3. The predicted octanol–water partition coefficient (Wildman–Crippen LogP) is 4.47. The highest BCUT2D eigenvalue weighted by Crippen LogP contribution is 2.42. The van der Waals surface area contributed by atoms with Gasteiger partial charge in [0.2, 0.25) is 11.8 Å². The van der Waals surface area contributed by atoms with E-state index in [9.17, 15) is 19.8 Å². The van der Waals surface area contributed by atoms with E-state index in [0.29, 0.717) is 62.7 Å². The topological polar surface area (TPSA) is 144 Å². The number of ether oxygens (including phenoxy) is 2. The monoisotopic (exact) mass is 544 g/mol. The molecule has 39 heavy (non-hydrogen) atoms. The highest BCUT2D eigenvalue weighted by molar-refractivity contribution is 8.00. The van der Waals surface area contributed by atoms with Crippen LogP contribution in [0.25, 0.3) is 11.4 Å². The van der Waals surface area contributed by atoms with Gasteiger partial charge in [-0.3, -0.25) is 9.78 Å². The van der Waals surface area contributed by atoms with E-state index in [1.165, 1.54) is 23.9 Å². The lowest BCUT2D eigenvalue weighted by Crippen LogP contribution is -2.16. The number of pyridine rings is 1. The number of nitrogens with one attached hydrogen (secondary N) is 1. The molecule has 2 aromatic heterocycles. The summed E-state index contributed by atoms with van der Waals surface area (Å²) in [5.41, 5.74) is 3.98. The molecule has 198 valence electrons. The number of carboxylic acids is 1. The van der Waals surface area contributed by atoms with E-state index in [1.54, 1.807) is 25.4 Å². The number of aromatic carboxylic acids is 1. The third kappa shape index (κ3) is 5.54. The van der Waals surface area contributed by atoms with E-state index < -0.39 is 5.97 Å². The summed E-state index contributed by atoms with van der Waals surface area (Å²) in [4.78, 5) is 37.9. The van der Waals surface area contributed by atoms with Crippen molar-refractivity contribution in [2.75, 3.05) is 18.2 Å². The van der Waals surface area contributed by atoms with Crippen LogP contribution in [0.2, 0.25) is 0 Å². The molecule has 1 aliphatic heterocycles. The molecule has 1 aliphatic rings. The quantitative estimate of drug-likeness (QED) is 0.189. The number of aliphatic hydroxyl groups excluding tert-OH is 1. The van der Waals surface area contributed by atoms with Crippen LogP contribution in [0.1, 0.15) is 32.7 Å². The lowest BCUT2D eigenvalue weighted by Gasteiger charge is -2.24. The molecular weight excluding hydrogens is 520 g/mol. The van der Waals surface area contributed by atoms with Gasteiger partial charge in [-0.05, 0) is 37.3 Å². The predicted molar refractivity (Wildman–Crippen MR) is 145 cm³/mol. The molecule has 0 saturated heterocycles. The molecule has 0 fully saturated rings. The van der Waals surface area contributed by atoms with Crippen molar-refractivity contribution in [3.63, 3.8) is 0 Å². The molecule has 0 bridgehead atoms. The average Bonchev–Trinajstić information content (AvgIpc) is 2.95. The van der Waals surface area contributed by atoms with Gasteiger partial charge < -0.3 is 25.0 Å². The van der Waals surface area contributed by atoms with Crippen molar-refractivity contribution in [3.8, 4) is 28.8 Å². The summed E-state index contributed by atoms with van der Waals surface area (Å²) in [5, 5.41) is 22.4. The largest absolute Gasteiger partial charge is 0.497 e. The number of aliphatic hydroxyl groups is 1. The van der Waals surface area contributed by atoms with E-state index in [1.807, 2.05) is 31.2 Å². The Morgan fingerprint density at radius 1 is 1.13 bits per heavy atom. The molecule has 0 unspecified atom stereocenters. The number of nitrogens with zero attached hydrogens (tertiary/aromatic N) is 3. The van der Waals surface area contributed by atoms with Crippen molar-refractivity contribution >= 4 is 29.3 Å². The fraction of sp³-hybridized carbons (Fsp3) is 0.179. The summed E-state index contributed by atoms with van der Waals surface area (Å²) < 4.78 is 11.6. The Hall–Kier alpha value is -4.48. The van der Waals surface area contributed by atoms with Crippen LogP contribution in [0.3, 0.4) is 0 Å². The van der Waals surface area contributed by atoms with Gasteiger partial charge in [0.15, 0.2) is 11.6 Å². The summed E-state index contributed by atoms with van der Waals surface area (Å²) >= 11 is 1.22. The molecule has 3 N–H and O–H groups in total. The van der Waals surface area contributed by atoms with Gasteiger partial charge in [0.05, 0.1) is 36.3 Å². The fourth-order valence-electron chi connectivity index (χ4n) is 4.17. The number of benzene rings is 2. The Kier molecular flexibility index (Phi) is 7.44. The first-order valence-electron chi connectivity index (χ1n) is 11.9. The number of hydrogen-bond acceptors (Lipinski definition) is 9. The van der Waals surface area contributed by atoms with Crippen molar-refractivity contribution in [2.24, 2.45) is 0 Å². The fourth-order valence-corrected chi connectivity index (χ4v) is 4.99. The van der Waals surface area contributed by atoms with E-state index in [-0.39, 0.29) is 23.8 Å². The van der Waals surface area contributed by atoms with Crippen LogP contribution in [-0.2, 0) is 17.8 Å². The molecule has 3 heterocycles. The Morgan fingerprint density at radius 2 is 1.95 bits per heavy atom. The number of carbonyl (C=O) groups is 2. The van der Waals surface area contributed by atoms with E-state index in [2.05, 4.69) is 15.3 Å². The minimum absolute atomic E-state index is 0.00733. The van der Waals surface area contributed by atoms with Crippen LogP contribution >= 0.6 is 11.8 Å². The number of fused-ring (bicyclic) bond motifs is 2. The molecule has 1 amide bonds. The second-order valence-electron chi connectivity index (χ2n) is 8.70. The minimum atomic E-state index is -1.08. The summed E-state index contributed by atoms with van der Waals surface area (Å²) in [5.74, 6) is 0.552. The van der Waals surface area contributed by atoms with E-state index >= 15 is 0 Å². The summed E-state index contributed by atoms with van der Waals surface area (Å²) in [6.07, 6.45) is 2.02. The molecule has 0 spiro atoms. The average molecular weight is 545 g/mol. The third-order valence-electron chi connectivity index (χ3n) is 6.12. The number of anilines is 1. The molecule has 4 aromatic rings. The van der Waals surface area contributed by atoms with Crippen molar-refractivity contribution in [3.05, 3.63) is 82.7 Å². The zero-order valence-corrected chi connectivity index (χ0v) is 21.9. The first kappa shape index (κ1) is 26.1. The molecule has 5 rings (SSSR count). The standard InChI is InChI=1S/C28H24N4O6S/c1-15-24-21(18(13-33)12-29-15)11-22-26(38-24)31-25(16-5-4-8-20(10-16)37-2)32-27(22)39-14-23(34)30-19-7-3-6-17(9-19)28(35)36/h3-10,12,33H,11,13-14H2,1-2H3,(H,30,34)(H,35,36). The first-order chi connectivity index (χ1) is 18.9. The summed E-state index contributed by atoms with van der Waals surface area (Å²) in [6, 6.07) is 13.4. The SMILES string of the molecule is COc1cccc(-c2nc3c(c(SCC(=O)Nc4cccc(C(=O)O)c4)n2)Cc2c(CO)cnc(C)c2O3)c1. The summed E-state index contributed by atoms with van der Waals surface area (Å²) in [7, 11) is 1.58. The van der Waals surface area contributed by atoms with Crippen LogP contribution in [0.5, 0.6) is 17.4 Å². The number of carbonyl (C=O) groups excluding carboxylic acids is 1. The van der Waals surface area contributed by atoms with E-state index in [0.717, 1.165) is 5.56 Å². The lowest BCUT2D eigenvalue weighted by atomic mass is 9.99. The molecule has 0 aliphatic carbocycles. The third-order valence-corrected chi connectivity index (χ3v) is 7.14. The van der Waals surface area contributed by atoms with Gasteiger partial charge in [0.25, 0.3) is 0 Å². The maximum Gasteiger partial charge on any atom is 0.335 e. The Labute approximate surface area is 228 Å². The van der Waals surface area contributed by atoms with Crippen molar-refractivity contribution in [1.82, 2.24) is 15.0 Å². The summed E-state index contributed by atoms with van der Waals surface area (Å²) in [6.45, 7) is 1.63. The Morgan fingerprint density at radius 3 is 2.72 bits per heavy atom. The van der Waals surface area contributed by atoms with Gasteiger partial charge in [0.1, 0.15) is 10.8 Å². The maximum absolute atomic E-state index is 12.8. The molecule has 0 saturated carbocycles.